The van der Waals surface area contributed by atoms with Crippen molar-refractivity contribution < 1.29 is 28.9 Å². The Morgan fingerprint density at radius 3 is 2.03 bits per heavy atom. The second-order valence-corrected chi connectivity index (χ2v) is 7.61. The molecule has 10 heteroatoms. The highest BCUT2D eigenvalue weighted by Gasteiger charge is 2.16. The van der Waals surface area contributed by atoms with E-state index in [4.69, 9.17) is 25.7 Å². The van der Waals surface area contributed by atoms with Crippen molar-refractivity contribution >= 4 is 45.1 Å². The first kappa shape index (κ1) is 23.6. The van der Waals surface area contributed by atoms with E-state index in [1.807, 2.05) is 6.92 Å². The summed E-state index contributed by atoms with van der Waals surface area (Å²) in [6.45, 7) is 2.75. The number of carboxylic acids is 1. The number of carbonyl (C=O) groups excluding carboxylic acids is 1. The lowest BCUT2D eigenvalue weighted by Gasteiger charge is -2.11. The van der Waals surface area contributed by atoms with Crippen LogP contribution in [0.3, 0.4) is 0 Å². The number of fused-ring (bicyclic) bond motifs is 2. The van der Waals surface area contributed by atoms with Gasteiger partial charge >= 0.3 is 11.9 Å². The highest BCUT2D eigenvalue weighted by Crippen LogP contribution is 2.28. The van der Waals surface area contributed by atoms with Crippen LogP contribution in [0.25, 0.3) is 21.8 Å². The molecule has 0 spiro atoms. The molecule has 5 N–H and O–H groups in total. The number of nitrogen functional groups attached to an aromatic ring is 2. The van der Waals surface area contributed by atoms with Gasteiger partial charge in [0.1, 0.15) is 22.6 Å². The summed E-state index contributed by atoms with van der Waals surface area (Å²) < 4.78 is 16.5. The predicted octanol–water partition coefficient (Wildman–Crippen LogP) is 3.67. The molecule has 0 atom stereocenters. The Bertz CT molecular complexity index is 1420. The quantitative estimate of drug-likeness (QED) is 0.240. The Kier molecular flexibility index (Phi) is 6.81. The van der Waals surface area contributed by atoms with Crippen LogP contribution < -0.4 is 20.9 Å². The van der Waals surface area contributed by atoms with Gasteiger partial charge in [-0.3, -0.25) is 9.97 Å². The number of carboxylic acid groups (broad SMARTS) is 1. The molecule has 180 valence electrons. The second kappa shape index (κ2) is 10.1. The summed E-state index contributed by atoms with van der Waals surface area (Å²) in [7, 11) is 0. The molecule has 0 saturated carbocycles. The fraction of sp³-hybridized carbons (Fsp3) is 0.200. The Morgan fingerprint density at radius 1 is 0.857 bits per heavy atom. The summed E-state index contributed by atoms with van der Waals surface area (Å²) in [4.78, 5) is 32.2. The Hall–Kier alpha value is -4.60. The zero-order valence-electron chi connectivity index (χ0n) is 19.0. The molecule has 0 unspecified atom stereocenters. The molecule has 4 rings (SSSR count). The number of benzene rings is 2. The molecule has 0 bridgehead atoms. The molecular formula is C25H24N4O6. The highest BCUT2D eigenvalue weighted by atomic mass is 16.5. The maximum atomic E-state index is 12.5. The van der Waals surface area contributed by atoms with Crippen molar-refractivity contribution in [3.05, 3.63) is 59.9 Å². The molecule has 0 saturated heterocycles. The number of anilines is 2. The fourth-order valence-corrected chi connectivity index (χ4v) is 3.56. The van der Waals surface area contributed by atoms with E-state index in [1.54, 1.807) is 36.4 Å². The van der Waals surface area contributed by atoms with Crippen molar-refractivity contribution in [2.24, 2.45) is 0 Å². The summed E-state index contributed by atoms with van der Waals surface area (Å²) in [6, 6.07) is 10.4. The Labute approximate surface area is 200 Å². The van der Waals surface area contributed by atoms with Gasteiger partial charge < -0.3 is 30.8 Å². The van der Waals surface area contributed by atoms with E-state index in [0.717, 1.165) is 0 Å². The van der Waals surface area contributed by atoms with Gasteiger partial charge in [0.15, 0.2) is 0 Å². The molecule has 0 amide bonds. The number of esters is 1. The van der Waals surface area contributed by atoms with Crippen molar-refractivity contribution in [3.8, 4) is 11.5 Å². The minimum Gasteiger partial charge on any atom is -0.494 e. The summed E-state index contributed by atoms with van der Waals surface area (Å²) in [5, 5.41) is 10.3. The molecule has 10 nitrogen and oxygen atoms in total. The maximum absolute atomic E-state index is 12.5. The molecule has 0 aliphatic carbocycles. The van der Waals surface area contributed by atoms with Gasteiger partial charge in [0.2, 0.25) is 0 Å². The lowest BCUT2D eigenvalue weighted by Crippen LogP contribution is -2.12. The van der Waals surface area contributed by atoms with Crippen LogP contribution in [0, 0.1) is 0 Å². The highest BCUT2D eigenvalue weighted by molar-refractivity contribution is 6.04. The Morgan fingerprint density at radius 2 is 1.43 bits per heavy atom. The molecule has 35 heavy (non-hydrogen) atoms. The van der Waals surface area contributed by atoms with E-state index in [2.05, 4.69) is 9.97 Å². The number of aromatic nitrogens is 2. The van der Waals surface area contributed by atoms with Crippen LogP contribution in [-0.4, -0.2) is 46.8 Å². The van der Waals surface area contributed by atoms with Crippen molar-refractivity contribution in [1.29, 1.82) is 0 Å². The van der Waals surface area contributed by atoms with Crippen molar-refractivity contribution in [3.63, 3.8) is 0 Å². The maximum Gasteiger partial charge on any atom is 0.341 e. The number of pyridine rings is 2. The normalized spacial score (nSPS) is 10.9. The predicted molar refractivity (Wildman–Crippen MR) is 131 cm³/mol. The third-order valence-corrected chi connectivity index (χ3v) is 5.31. The lowest BCUT2D eigenvalue weighted by molar-refractivity contribution is 0.0486. The van der Waals surface area contributed by atoms with Gasteiger partial charge in [0.05, 0.1) is 42.2 Å². The van der Waals surface area contributed by atoms with Gasteiger partial charge in [-0.25, -0.2) is 9.59 Å². The van der Waals surface area contributed by atoms with Crippen LogP contribution in [-0.2, 0) is 4.74 Å². The van der Waals surface area contributed by atoms with E-state index in [0.29, 0.717) is 46.3 Å². The number of carbonyl (C=O) groups is 2. The average molecular weight is 476 g/mol. The van der Waals surface area contributed by atoms with Crippen LogP contribution >= 0.6 is 0 Å². The largest absolute Gasteiger partial charge is 0.494 e. The lowest BCUT2D eigenvalue weighted by atomic mass is 10.1. The molecule has 2 aromatic carbocycles. The number of aromatic carboxylic acids is 1. The fourth-order valence-electron chi connectivity index (χ4n) is 3.56. The van der Waals surface area contributed by atoms with Gasteiger partial charge in [-0.1, -0.05) is 0 Å². The number of hydrogen-bond acceptors (Lipinski definition) is 9. The van der Waals surface area contributed by atoms with Crippen molar-refractivity contribution in [2.75, 3.05) is 31.3 Å². The first-order valence-electron chi connectivity index (χ1n) is 10.9. The smallest absolute Gasteiger partial charge is 0.341 e. The van der Waals surface area contributed by atoms with Gasteiger partial charge in [0, 0.05) is 29.6 Å². The summed E-state index contributed by atoms with van der Waals surface area (Å²) in [5.74, 6) is -0.596. The number of nitrogens with two attached hydrogens (primary N) is 2. The Balaban J connectivity index is 1.35. The van der Waals surface area contributed by atoms with E-state index in [9.17, 15) is 14.7 Å². The summed E-state index contributed by atoms with van der Waals surface area (Å²) in [5.41, 5.74) is 13.9. The molecule has 0 aliphatic heterocycles. The monoisotopic (exact) mass is 476 g/mol. The van der Waals surface area contributed by atoms with Crippen LogP contribution in [0.2, 0.25) is 0 Å². The van der Waals surface area contributed by atoms with Crippen molar-refractivity contribution in [2.45, 2.75) is 13.3 Å². The van der Waals surface area contributed by atoms with Gasteiger partial charge in [-0.2, -0.15) is 0 Å². The summed E-state index contributed by atoms with van der Waals surface area (Å²) >= 11 is 0. The molecule has 0 aliphatic rings. The third kappa shape index (κ3) is 5.01. The zero-order chi connectivity index (χ0) is 24.9. The molecule has 4 aromatic rings. The van der Waals surface area contributed by atoms with Crippen LogP contribution in [0.15, 0.2) is 48.8 Å². The zero-order valence-corrected chi connectivity index (χ0v) is 19.0. The standard InChI is InChI=1S/C25H24N4O6/c1-2-33-14-4-6-21-17(10-14)23(27)19(13-29-21)25(32)35-9-3-8-34-15-5-7-20-16(11-15)22(26)18(12-28-20)24(30)31/h4-7,10-13H,2-3,8-9H2,1H3,(H2,26,28)(H2,27,29)(H,30,31). The van der Waals surface area contributed by atoms with Crippen LogP contribution in [0.1, 0.15) is 34.1 Å². The SMILES string of the molecule is CCOc1ccc2ncc(C(=O)OCCCOc3ccc4ncc(C(=O)O)c(N)c4c3)c(N)c2c1. The minimum absolute atomic E-state index is 0.0712. The first-order chi connectivity index (χ1) is 16.9. The summed E-state index contributed by atoms with van der Waals surface area (Å²) in [6.07, 6.45) is 3.04. The van der Waals surface area contributed by atoms with E-state index >= 15 is 0 Å². The minimum atomic E-state index is -1.15. The molecule has 2 heterocycles. The average Bonchev–Trinajstić information content (AvgIpc) is 2.84. The van der Waals surface area contributed by atoms with E-state index in [1.165, 1.54) is 12.4 Å². The van der Waals surface area contributed by atoms with Crippen molar-refractivity contribution in [1.82, 2.24) is 9.97 Å². The second-order valence-electron chi connectivity index (χ2n) is 7.61. The molecule has 0 fully saturated rings. The van der Waals surface area contributed by atoms with Gasteiger partial charge in [0.25, 0.3) is 0 Å². The number of nitrogens with zero attached hydrogens (tertiary/aromatic N) is 2. The van der Waals surface area contributed by atoms with E-state index in [-0.39, 0.29) is 35.7 Å². The number of ether oxygens (including phenoxy) is 3. The number of hydrogen-bond donors (Lipinski definition) is 3. The molecule has 0 radical (unpaired) electrons. The molecule has 2 aromatic heterocycles. The number of rotatable bonds is 9. The van der Waals surface area contributed by atoms with E-state index < -0.39 is 11.9 Å². The first-order valence-corrected chi connectivity index (χ1v) is 10.9. The van der Waals surface area contributed by atoms with Crippen LogP contribution in [0.4, 0.5) is 11.4 Å². The van der Waals surface area contributed by atoms with Gasteiger partial charge in [-0.15, -0.1) is 0 Å². The third-order valence-electron chi connectivity index (χ3n) is 5.31. The van der Waals surface area contributed by atoms with Crippen LogP contribution in [0.5, 0.6) is 11.5 Å². The van der Waals surface area contributed by atoms with Gasteiger partial charge in [-0.05, 0) is 43.3 Å². The topological polar surface area (TPSA) is 160 Å². The molecular weight excluding hydrogens is 452 g/mol.